The molecule has 1 aliphatic carbocycles. The maximum atomic E-state index is 12.9. The van der Waals surface area contributed by atoms with Crippen LogP contribution in [0.3, 0.4) is 0 Å². The number of hydrogen-bond acceptors (Lipinski definition) is 5. The molecule has 3 aliphatic heterocycles. The number of rotatable bonds is 4. The van der Waals surface area contributed by atoms with Gasteiger partial charge in [0, 0.05) is 37.2 Å². The van der Waals surface area contributed by atoms with Gasteiger partial charge in [-0.2, -0.15) is 0 Å². The molecule has 0 spiro atoms. The molecule has 27 heavy (non-hydrogen) atoms. The Hall–Kier alpha value is -2.25. The number of carbonyl (C=O) groups excluding carboxylic acids is 3. The van der Waals surface area contributed by atoms with E-state index in [4.69, 9.17) is 0 Å². The van der Waals surface area contributed by atoms with Crippen molar-refractivity contribution in [1.82, 2.24) is 20.9 Å². The molecule has 3 heterocycles. The Morgan fingerprint density at radius 1 is 1.19 bits per heavy atom. The van der Waals surface area contributed by atoms with Crippen LogP contribution in [0.5, 0.6) is 0 Å². The summed E-state index contributed by atoms with van der Waals surface area (Å²) in [6, 6.07) is 6.31. The van der Waals surface area contributed by atoms with Crippen LogP contribution in [0, 0.1) is 5.92 Å². The summed E-state index contributed by atoms with van der Waals surface area (Å²) in [5.41, 5.74) is 2.82. The van der Waals surface area contributed by atoms with E-state index in [1.807, 2.05) is 12.1 Å². The van der Waals surface area contributed by atoms with Gasteiger partial charge in [0.05, 0.1) is 0 Å². The summed E-state index contributed by atoms with van der Waals surface area (Å²) in [6.07, 6.45) is 3.15. The molecular weight excluding hydrogens is 344 g/mol. The van der Waals surface area contributed by atoms with Crippen LogP contribution >= 0.6 is 0 Å². The third kappa shape index (κ3) is 2.85. The second-order valence-electron chi connectivity index (χ2n) is 8.18. The summed E-state index contributed by atoms with van der Waals surface area (Å²) < 4.78 is 0. The van der Waals surface area contributed by atoms with Crippen LogP contribution in [-0.2, 0) is 22.7 Å². The molecule has 1 aromatic rings. The lowest BCUT2D eigenvalue weighted by Gasteiger charge is -2.29. The molecule has 3 fully saturated rings. The molecule has 3 N–H and O–H groups in total. The highest BCUT2D eigenvalue weighted by Gasteiger charge is 2.41. The largest absolute Gasteiger partial charge is 0.322 e. The monoisotopic (exact) mass is 368 g/mol. The van der Waals surface area contributed by atoms with Crippen molar-refractivity contribution < 1.29 is 14.4 Å². The zero-order valence-corrected chi connectivity index (χ0v) is 15.2. The van der Waals surface area contributed by atoms with E-state index in [0.717, 1.165) is 30.1 Å². The first kappa shape index (κ1) is 16.9. The molecule has 0 radical (unpaired) electrons. The second kappa shape index (κ2) is 6.42. The fraction of sp³-hybridized carbons (Fsp3) is 0.550. The highest BCUT2D eigenvalue weighted by Crippen LogP contribution is 2.33. The molecule has 7 heteroatoms. The third-order valence-corrected chi connectivity index (χ3v) is 6.56. The molecule has 4 atom stereocenters. The number of amides is 3. The number of nitrogens with zero attached hydrogens (tertiary/aromatic N) is 1. The molecule has 1 aromatic carbocycles. The van der Waals surface area contributed by atoms with Crippen molar-refractivity contribution in [3.05, 3.63) is 34.9 Å². The van der Waals surface area contributed by atoms with E-state index in [1.54, 1.807) is 4.90 Å². The first-order chi connectivity index (χ1) is 13.1. The number of carbonyl (C=O) groups is 3. The molecule has 5 rings (SSSR count). The summed E-state index contributed by atoms with van der Waals surface area (Å²) in [4.78, 5) is 38.1. The van der Waals surface area contributed by atoms with E-state index >= 15 is 0 Å². The zero-order chi connectivity index (χ0) is 18.5. The molecule has 1 saturated carbocycles. The number of piperidine rings is 2. The van der Waals surface area contributed by atoms with Crippen molar-refractivity contribution in [1.29, 1.82) is 0 Å². The van der Waals surface area contributed by atoms with Crippen LogP contribution in [0.1, 0.15) is 47.2 Å². The van der Waals surface area contributed by atoms with E-state index in [1.165, 1.54) is 12.8 Å². The van der Waals surface area contributed by atoms with Crippen molar-refractivity contribution in [2.45, 2.75) is 56.9 Å². The number of hydrogen-bond donors (Lipinski definition) is 3. The van der Waals surface area contributed by atoms with Crippen molar-refractivity contribution >= 4 is 17.7 Å². The van der Waals surface area contributed by atoms with Crippen LogP contribution in [0.15, 0.2) is 18.2 Å². The van der Waals surface area contributed by atoms with Gasteiger partial charge in [-0.15, -0.1) is 0 Å². The number of benzene rings is 1. The van der Waals surface area contributed by atoms with Gasteiger partial charge in [0.15, 0.2) is 0 Å². The predicted octanol–water partition coefficient (Wildman–Crippen LogP) is 0.288. The van der Waals surface area contributed by atoms with Crippen LogP contribution in [0.2, 0.25) is 0 Å². The molecule has 7 nitrogen and oxygen atoms in total. The Bertz CT molecular complexity index is 823. The van der Waals surface area contributed by atoms with Crippen LogP contribution < -0.4 is 16.0 Å². The second-order valence-corrected chi connectivity index (χ2v) is 8.18. The van der Waals surface area contributed by atoms with Gasteiger partial charge in [-0.1, -0.05) is 12.1 Å². The van der Waals surface area contributed by atoms with Gasteiger partial charge in [0.25, 0.3) is 5.91 Å². The van der Waals surface area contributed by atoms with Gasteiger partial charge in [0.1, 0.15) is 6.04 Å². The first-order valence-electron chi connectivity index (χ1n) is 9.82. The smallest absolute Gasteiger partial charge is 0.255 e. The fourth-order valence-corrected chi connectivity index (χ4v) is 5.14. The lowest BCUT2D eigenvalue weighted by atomic mass is 10.0. The predicted molar refractivity (Wildman–Crippen MR) is 97.6 cm³/mol. The van der Waals surface area contributed by atoms with Crippen molar-refractivity contribution in [2.24, 2.45) is 5.92 Å². The Labute approximate surface area is 157 Å². The number of imide groups is 1. The van der Waals surface area contributed by atoms with E-state index in [9.17, 15) is 14.4 Å². The summed E-state index contributed by atoms with van der Waals surface area (Å²) in [7, 11) is 0. The summed E-state index contributed by atoms with van der Waals surface area (Å²) in [6.45, 7) is 2.31. The highest BCUT2D eigenvalue weighted by molar-refractivity contribution is 6.05. The number of fused-ring (bicyclic) bond motifs is 3. The molecule has 4 aliphatic rings. The minimum Gasteiger partial charge on any atom is -0.322 e. The lowest BCUT2D eigenvalue weighted by Crippen LogP contribution is -2.52. The topological polar surface area (TPSA) is 90.5 Å². The van der Waals surface area contributed by atoms with Crippen molar-refractivity contribution in [3.63, 3.8) is 0 Å². The highest BCUT2D eigenvalue weighted by atomic mass is 16.2. The average Bonchev–Trinajstić information content (AvgIpc) is 3.35. The lowest BCUT2D eigenvalue weighted by molar-refractivity contribution is -0.136. The molecule has 2 bridgehead atoms. The van der Waals surface area contributed by atoms with Crippen LogP contribution in [-0.4, -0.2) is 47.3 Å². The van der Waals surface area contributed by atoms with Gasteiger partial charge >= 0.3 is 0 Å². The molecule has 142 valence electrons. The Balaban J connectivity index is 1.31. The fourth-order valence-electron chi connectivity index (χ4n) is 5.14. The van der Waals surface area contributed by atoms with Gasteiger partial charge in [-0.25, -0.2) is 0 Å². The molecular formula is C20H24N4O3. The first-order valence-corrected chi connectivity index (χ1v) is 9.82. The molecule has 2 saturated heterocycles. The van der Waals surface area contributed by atoms with Gasteiger partial charge < -0.3 is 15.5 Å². The number of nitrogens with one attached hydrogen (secondary N) is 3. The van der Waals surface area contributed by atoms with Crippen molar-refractivity contribution in [2.75, 3.05) is 6.54 Å². The molecule has 3 amide bonds. The molecule has 1 unspecified atom stereocenters. The Morgan fingerprint density at radius 3 is 2.81 bits per heavy atom. The van der Waals surface area contributed by atoms with Gasteiger partial charge in [-0.3, -0.25) is 19.7 Å². The molecule has 0 aromatic heterocycles. The zero-order valence-electron chi connectivity index (χ0n) is 15.2. The van der Waals surface area contributed by atoms with E-state index in [0.29, 0.717) is 30.6 Å². The van der Waals surface area contributed by atoms with Crippen LogP contribution in [0.25, 0.3) is 0 Å². The van der Waals surface area contributed by atoms with Gasteiger partial charge in [0.2, 0.25) is 11.8 Å². The Morgan fingerprint density at radius 2 is 2.07 bits per heavy atom. The standard InChI is InChI=1S/C20H24N4O3/c25-18-5-4-17(19(26)23-18)24-10-14-12(2-1-3-13(14)20(24)27)9-22-16-7-11-6-15(16)21-8-11/h1-3,11,15-17,21-22H,4-10H2,(H,23,25,26)/t11-,15+,16+,17?/m0/s1. The minimum atomic E-state index is -0.557. The quantitative estimate of drug-likeness (QED) is 0.665. The normalized spacial score (nSPS) is 32.1. The van der Waals surface area contributed by atoms with E-state index in [-0.39, 0.29) is 24.1 Å². The summed E-state index contributed by atoms with van der Waals surface area (Å²) in [5, 5.41) is 9.58. The van der Waals surface area contributed by atoms with E-state index < -0.39 is 6.04 Å². The Kier molecular flexibility index (Phi) is 4.02. The SMILES string of the molecule is O=C1CCC(N2Cc3c(CN[C@@H]4C[C@H]5CN[C@@H]4C5)cccc3C2=O)C(=O)N1. The summed E-state index contributed by atoms with van der Waals surface area (Å²) >= 11 is 0. The average molecular weight is 368 g/mol. The maximum absolute atomic E-state index is 12.9. The van der Waals surface area contributed by atoms with Crippen molar-refractivity contribution in [3.8, 4) is 0 Å². The van der Waals surface area contributed by atoms with E-state index in [2.05, 4.69) is 22.0 Å². The maximum Gasteiger partial charge on any atom is 0.255 e. The van der Waals surface area contributed by atoms with Gasteiger partial charge in [-0.05, 0) is 48.9 Å². The minimum absolute atomic E-state index is 0.108. The third-order valence-electron chi connectivity index (χ3n) is 6.56. The summed E-state index contributed by atoms with van der Waals surface area (Å²) in [5.74, 6) is 0.0615. The van der Waals surface area contributed by atoms with Crippen LogP contribution in [0.4, 0.5) is 0 Å².